The van der Waals surface area contributed by atoms with E-state index < -0.39 is 23.5 Å². The molecule has 3 aromatic rings. The van der Waals surface area contributed by atoms with Crippen molar-refractivity contribution in [2.45, 2.75) is 19.5 Å². The minimum Gasteiger partial charge on any atom is -0.872 e. The largest absolute Gasteiger partial charge is 0.872 e. The number of hydrogen-bond acceptors (Lipinski definition) is 6. The third kappa shape index (κ3) is 4.42. The van der Waals surface area contributed by atoms with E-state index in [1.165, 1.54) is 26.2 Å². The van der Waals surface area contributed by atoms with E-state index in [1.807, 2.05) is 6.07 Å². The van der Waals surface area contributed by atoms with Crippen LogP contribution in [0.5, 0.6) is 17.2 Å². The maximum absolute atomic E-state index is 13.8. The normalized spacial score (nSPS) is 16.9. The number of carbonyl (C=O) groups is 2. The summed E-state index contributed by atoms with van der Waals surface area (Å²) in [4.78, 5) is 31.0. The van der Waals surface area contributed by atoms with Crippen molar-refractivity contribution in [3.05, 3.63) is 88.8 Å². The maximum Gasteiger partial charge on any atom is 0.295 e. The number of aryl methyl sites for hydroxylation is 1. The van der Waals surface area contributed by atoms with Crippen LogP contribution < -0.4 is 24.3 Å². The highest BCUT2D eigenvalue weighted by Crippen LogP contribution is 2.44. The topological polar surface area (TPSA) is 102 Å². The number of nitrogens with one attached hydrogen (secondary N) is 1. The van der Waals surface area contributed by atoms with Crippen LogP contribution >= 0.6 is 0 Å². The number of H-pyrrole nitrogens is 1. The van der Waals surface area contributed by atoms with Crippen LogP contribution in [0, 0.1) is 6.92 Å². The van der Waals surface area contributed by atoms with Crippen molar-refractivity contribution in [3.63, 3.8) is 0 Å². The molecule has 8 nitrogen and oxygen atoms in total. The molecule has 0 spiro atoms. The molecule has 8 heteroatoms. The van der Waals surface area contributed by atoms with Gasteiger partial charge >= 0.3 is 0 Å². The predicted octanol–water partition coefficient (Wildman–Crippen LogP) is 2.26. The van der Waals surface area contributed by atoms with E-state index >= 15 is 0 Å². The van der Waals surface area contributed by atoms with Gasteiger partial charge in [0.25, 0.3) is 5.91 Å². The number of benzene rings is 2. The van der Waals surface area contributed by atoms with Gasteiger partial charge in [0, 0.05) is 22.8 Å². The molecular weight excluding hydrogens is 448 g/mol. The number of likely N-dealkylation sites (tertiary alicyclic amines) is 1. The summed E-state index contributed by atoms with van der Waals surface area (Å²) in [5.74, 6) is -0.572. The average molecular weight is 475 g/mol. The lowest BCUT2D eigenvalue weighted by molar-refractivity contribution is -0.378. The Kier molecular flexibility index (Phi) is 6.73. The van der Waals surface area contributed by atoms with E-state index in [9.17, 15) is 14.7 Å². The molecule has 1 unspecified atom stereocenters. The lowest BCUT2D eigenvalue weighted by Crippen LogP contribution is -2.30. The minimum atomic E-state index is -0.964. The maximum atomic E-state index is 13.8. The molecule has 1 saturated heterocycles. The second-order valence-electron chi connectivity index (χ2n) is 8.11. The highest BCUT2D eigenvalue weighted by Gasteiger charge is 2.45. The van der Waals surface area contributed by atoms with Gasteiger partial charge in [0.05, 0.1) is 33.9 Å². The van der Waals surface area contributed by atoms with Gasteiger partial charge in [0.2, 0.25) is 5.78 Å². The van der Waals surface area contributed by atoms with Gasteiger partial charge in [-0.1, -0.05) is 11.8 Å². The molecule has 0 saturated carbocycles. The van der Waals surface area contributed by atoms with Gasteiger partial charge in [0.15, 0.2) is 12.4 Å². The third-order valence-corrected chi connectivity index (χ3v) is 6.06. The Morgan fingerprint density at radius 2 is 1.71 bits per heavy atom. The summed E-state index contributed by atoms with van der Waals surface area (Å²) in [5.41, 5.74) is 2.09. The number of aromatic nitrogens is 1. The van der Waals surface area contributed by atoms with Gasteiger partial charge in [-0.25, -0.2) is 4.98 Å². The fraction of sp³-hybridized carbons (Fsp3) is 0.222. The summed E-state index contributed by atoms with van der Waals surface area (Å²) in [5, 5.41) is 13.8. The van der Waals surface area contributed by atoms with Crippen LogP contribution in [0.15, 0.2) is 66.5 Å². The van der Waals surface area contributed by atoms with Gasteiger partial charge < -0.3 is 24.2 Å². The first-order chi connectivity index (χ1) is 16.9. The predicted molar refractivity (Wildman–Crippen MR) is 125 cm³/mol. The molecule has 1 amide bonds. The highest BCUT2D eigenvalue weighted by atomic mass is 16.5. The number of rotatable bonds is 7. The second kappa shape index (κ2) is 9.89. The SMILES string of the molecule is COc1ccc(/C([O-])=C2\C(=O)C(=O)N(Cc3ccc[nH+]c3)C2c2cc(OC)ccc2OC)c(C)c1. The van der Waals surface area contributed by atoms with Crippen LogP contribution in [-0.4, -0.2) is 37.9 Å². The molecule has 1 atom stereocenters. The minimum absolute atomic E-state index is 0.116. The molecule has 35 heavy (non-hydrogen) atoms. The molecule has 1 aromatic heterocycles. The molecule has 1 aliphatic rings. The average Bonchev–Trinajstić information content (AvgIpc) is 3.13. The Morgan fingerprint density at radius 1 is 1.00 bits per heavy atom. The lowest BCUT2D eigenvalue weighted by atomic mass is 9.93. The summed E-state index contributed by atoms with van der Waals surface area (Å²) in [6.45, 7) is 1.88. The van der Waals surface area contributed by atoms with Crippen LogP contribution in [0.4, 0.5) is 0 Å². The van der Waals surface area contributed by atoms with E-state index in [-0.39, 0.29) is 12.1 Å². The number of ketones is 1. The number of amides is 1. The fourth-order valence-corrected chi connectivity index (χ4v) is 4.30. The van der Waals surface area contributed by atoms with Gasteiger partial charge in [-0.15, -0.1) is 0 Å². The highest BCUT2D eigenvalue weighted by molar-refractivity contribution is 6.46. The van der Waals surface area contributed by atoms with Crippen LogP contribution in [0.1, 0.15) is 28.3 Å². The Balaban J connectivity index is 1.95. The number of aromatic amines is 1. The lowest BCUT2D eigenvalue weighted by Gasteiger charge is -2.29. The van der Waals surface area contributed by atoms with Crippen molar-refractivity contribution in [1.29, 1.82) is 0 Å². The third-order valence-electron chi connectivity index (χ3n) is 6.06. The van der Waals surface area contributed by atoms with Gasteiger partial charge in [-0.3, -0.25) is 9.59 Å². The molecule has 0 aliphatic carbocycles. The summed E-state index contributed by atoms with van der Waals surface area (Å²) in [6.07, 6.45) is 3.49. The van der Waals surface area contributed by atoms with Crippen LogP contribution in [0.3, 0.4) is 0 Å². The molecule has 2 aromatic carbocycles. The number of ether oxygens (including phenoxy) is 3. The molecule has 180 valence electrons. The summed E-state index contributed by atoms with van der Waals surface area (Å²) < 4.78 is 16.2. The van der Waals surface area contributed by atoms with Crippen molar-refractivity contribution >= 4 is 17.4 Å². The smallest absolute Gasteiger partial charge is 0.295 e. The zero-order valence-corrected chi connectivity index (χ0v) is 20.0. The van der Waals surface area contributed by atoms with Gasteiger partial charge in [0.1, 0.15) is 17.2 Å². The Morgan fingerprint density at radius 3 is 2.34 bits per heavy atom. The molecule has 4 rings (SSSR count). The number of pyridine rings is 1. The number of Topliss-reactive ketones (excluding diaryl/α,β-unsaturated/α-hetero) is 1. The van der Waals surface area contributed by atoms with Gasteiger partial charge in [-0.05, 0) is 54.4 Å². The Hall–Kier alpha value is -4.33. The monoisotopic (exact) mass is 474 g/mol. The number of carbonyl (C=O) groups excluding carboxylic acids is 2. The van der Waals surface area contributed by atoms with E-state index in [0.29, 0.717) is 33.9 Å². The summed E-state index contributed by atoms with van der Waals surface area (Å²) >= 11 is 0. The first-order valence-corrected chi connectivity index (χ1v) is 11.0. The first kappa shape index (κ1) is 23.8. The first-order valence-electron chi connectivity index (χ1n) is 11.0. The molecule has 1 aliphatic heterocycles. The van der Waals surface area contributed by atoms with Crippen LogP contribution in [0.2, 0.25) is 0 Å². The molecule has 1 N–H and O–H groups in total. The molecule has 2 heterocycles. The van der Waals surface area contributed by atoms with Crippen LogP contribution in [-0.2, 0) is 16.1 Å². The Bertz CT molecular complexity index is 1300. The van der Waals surface area contributed by atoms with Crippen LogP contribution in [0.25, 0.3) is 5.76 Å². The van der Waals surface area contributed by atoms with E-state index in [4.69, 9.17) is 14.2 Å². The van der Waals surface area contributed by atoms with Crippen molar-refractivity contribution in [3.8, 4) is 17.2 Å². The molecule has 0 bridgehead atoms. The van der Waals surface area contributed by atoms with E-state index in [2.05, 4.69) is 4.98 Å². The zero-order valence-electron chi connectivity index (χ0n) is 20.0. The molecule has 1 fully saturated rings. The standard InChI is InChI=1S/C27H26N2O6/c1-16-12-18(33-2)7-9-20(16)25(30)23-24(21-13-19(34-3)8-10-22(21)35-4)29(27(32)26(23)31)15-17-6-5-11-28-14-17/h5-14,24,30H,15H2,1-4H3/b25-23+. The fourth-order valence-electron chi connectivity index (χ4n) is 4.30. The number of hydrogen-bond donors (Lipinski definition) is 0. The van der Waals surface area contributed by atoms with Gasteiger partial charge in [-0.2, -0.15) is 0 Å². The second-order valence-corrected chi connectivity index (χ2v) is 8.11. The Labute approximate surface area is 203 Å². The quantitative estimate of drug-likeness (QED) is 0.296. The van der Waals surface area contributed by atoms with Crippen molar-refractivity contribution < 1.29 is 33.9 Å². The molecule has 0 radical (unpaired) electrons. The molecular formula is C27H26N2O6. The zero-order chi connectivity index (χ0) is 25.1. The van der Waals surface area contributed by atoms with Crippen molar-refractivity contribution in [2.24, 2.45) is 0 Å². The van der Waals surface area contributed by atoms with E-state index in [0.717, 1.165) is 5.56 Å². The summed E-state index contributed by atoms with van der Waals surface area (Å²) in [7, 11) is 4.55. The number of methoxy groups -OCH3 is 3. The number of nitrogens with zero attached hydrogens (tertiary/aromatic N) is 1. The van der Waals surface area contributed by atoms with Crippen molar-refractivity contribution in [1.82, 2.24) is 4.90 Å². The summed E-state index contributed by atoms with van der Waals surface area (Å²) in [6, 6.07) is 12.7. The van der Waals surface area contributed by atoms with E-state index in [1.54, 1.807) is 61.8 Å². The van der Waals surface area contributed by atoms with Crippen molar-refractivity contribution in [2.75, 3.05) is 21.3 Å².